The number of aromatic nitrogens is 1. The van der Waals surface area contributed by atoms with Crippen LogP contribution in [0.1, 0.15) is 55.2 Å². The molecule has 1 aliphatic carbocycles. The van der Waals surface area contributed by atoms with Crippen LogP contribution in [-0.4, -0.2) is 29.8 Å². The number of amides is 3. The molecule has 7 rings (SSSR count). The van der Waals surface area contributed by atoms with Crippen LogP contribution in [0.15, 0.2) is 114 Å². The van der Waals surface area contributed by atoms with E-state index in [2.05, 4.69) is 15.6 Å². The number of carbonyl (C=O) groups excluding carboxylic acids is 3. The summed E-state index contributed by atoms with van der Waals surface area (Å²) >= 11 is 0. The number of hydrogen-bond acceptors (Lipinski definition) is 5. The second-order valence-corrected chi connectivity index (χ2v) is 11.9. The number of nitrogens with two attached hydrogens (primary N) is 1. The van der Waals surface area contributed by atoms with Gasteiger partial charge in [-0.3, -0.25) is 19.4 Å². The molecule has 0 atom stereocenters. The lowest BCUT2D eigenvalue weighted by molar-refractivity contribution is 0.0927. The lowest BCUT2D eigenvalue weighted by Crippen LogP contribution is -2.35. The van der Waals surface area contributed by atoms with Crippen LogP contribution >= 0.6 is 0 Å². The average molecular weight is 621 g/mol. The number of benzene rings is 4. The summed E-state index contributed by atoms with van der Waals surface area (Å²) in [6.07, 6.45) is 3.26. The van der Waals surface area contributed by atoms with E-state index in [0.29, 0.717) is 44.5 Å². The molecule has 2 aromatic heterocycles. The molecule has 0 bridgehead atoms. The van der Waals surface area contributed by atoms with E-state index >= 15 is 0 Å². The lowest BCUT2D eigenvalue weighted by Gasteiger charge is -2.20. The van der Waals surface area contributed by atoms with E-state index in [9.17, 15) is 14.4 Å². The first-order valence-corrected chi connectivity index (χ1v) is 15.4. The Morgan fingerprint density at radius 3 is 2.15 bits per heavy atom. The Morgan fingerprint density at radius 2 is 1.45 bits per heavy atom. The van der Waals surface area contributed by atoms with Crippen LogP contribution in [0.5, 0.6) is 0 Å². The maximum absolute atomic E-state index is 14.2. The van der Waals surface area contributed by atoms with E-state index in [0.717, 1.165) is 40.8 Å². The number of carbonyl (C=O) groups is 3. The minimum Gasteiger partial charge on any atom is -0.455 e. The minimum atomic E-state index is -0.584. The van der Waals surface area contributed by atoms with E-state index in [1.807, 2.05) is 91.9 Å². The molecular formula is C39H32N4O4. The van der Waals surface area contributed by atoms with Gasteiger partial charge in [-0.1, -0.05) is 72.3 Å². The third kappa shape index (κ3) is 5.44. The molecule has 0 aliphatic heterocycles. The third-order valence-corrected chi connectivity index (χ3v) is 8.79. The van der Waals surface area contributed by atoms with E-state index in [-0.39, 0.29) is 11.8 Å². The van der Waals surface area contributed by atoms with Crippen molar-refractivity contribution >= 4 is 28.7 Å². The topological polar surface area (TPSA) is 127 Å². The molecule has 0 radical (unpaired) electrons. The Balaban J connectivity index is 1.36. The molecule has 8 nitrogen and oxygen atoms in total. The van der Waals surface area contributed by atoms with Gasteiger partial charge in [0.05, 0.1) is 16.8 Å². The van der Waals surface area contributed by atoms with E-state index < -0.39 is 11.4 Å². The van der Waals surface area contributed by atoms with Gasteiger partial charge in [0.25, 0.3) is 11.8 Å². The molecule has 1 aliphatic rings. The number of furan rings is 1. The molecule has 232 valence electrons. The first-order valence-electron chi connectivity index (χ1n) is 15.4. The molecule has 4 N–H and O–H groups in total. The maximum atomic E-state index is 14.2. The first kappa shape index (κ1) is 29.7. The van der Waals surface area contributed by atoms with E-state index in [1.54, 1.807) is 31.4 Å². The molecular weight excluding hydrogens is 588 g/mol. The van der Waals surface area contributed by atoms with Crippen molar-refractivity contribution in [2.24, 2.45) is 5.73 Å². The fourth-order valence-corrected chi connectivity index (χ4v) is 6.12. The van der Waals surface area contributed by atoms with Crippen molar-refractivity contribution in [3.8, 4) is 33.6 Å². The summed E-state index contributed by atoms with van der Waals surface area (Å²) in [7, 11) is 1.59. The summed E-state index contributed by atoms with van der Waals surface area (Å²) in [6, 6.07) is 31.7. The number of nitrogens with one attached hydrogen (secondary N) is 2. The molecule has 4 aromatic carbocycles. The molecule has 3 amide bonds. The zero-order valence-corrected chi connectivity index (χ0v) is 26.0. The predicted octanol–water partition coefficient (Wildman–Crippen LogP) is 7.01. The summed E-state index contributed by atoms with van der Waals surface area (Å²) < 4.78 is 6.24. The lowest BCUT2D eigenvalue weighted by atomic mass is 9.91. The number of fused-ring (bicyclic) bond motifs is 1. The van der Waals surface area contributed by atoms with Crippen LogP contribution in [0.25, 0.3) is 44.5 Å². The number of primary amides is 1. The van der Waals surface area contributed by atoms with E-state index in [4.69, 9.17) is 10.2 Å². The average Bonchev–Trinajstić information content (AvgIpc) is 3.79. The van der Waals surface area contributed by atoms with Crippen molar-refractivity contribution in [1.29, 1.82) is 0 Å². The van der Waals surface area contributed by atoms with Crippen molar-refractivity contribution in [1.82, 2.24) is 15.6 Å². The Bertz CT molecular complexity index is 2180. The maximum Gasteiger partial charge on any atom is 0.255 e. The Kier molecular flexibility index (Phi) is 7.40. The van der Waals surface area contributed by atoms with Crippen LogP contribution in [0.2, 0.25) is 0 Å². The van der Waals surface area contributed by atoms with Crippen molar-refractivity contribution in [3.63, 3.8) is 0 Å². The molecule has 6 aromatic rings. The second kappa shape index (κ2) is 11.7. The fourth-order valence-electron chi connectivity index (χ4n) is 6.12. The predicted molar refractivity (Wildman–Crippen MR) is 182 cm³/mol. The highest BCUT2D eigenvalue weighted by molar-refractivity contribution is 6.12. The number of nitrogens with zero attached hydrogens (tertiary/aromatic N) is 1. The van der Waals surface area contributed by atoms with Crippen molar-refractivity contribution in [3.05, 3.63) is 137 Å². The van der Waals surface area contributed by atoms with Crippen LogP contribution in [0, 0.1) is 6.92 Å². The highest BCUT2D eigenvalue weighted by Gasteiger charge is 2.47. The largest absolute Gasteiger partial charge is 0.455 e. The molecule has 8 heteroatoms. The highest BCUT2D eigenvalue weighted by atomic mass is 16.3. The van der Waals surface area contributed by atoms with Gasteiger partial charge in [0.15, 0.2) is 0 Å². The zero-order chi connectivity index (χ0) is 32.7. The number of pyridine rings is 1. The van der Waals surface area contributed by atoms with Gasteiger partial charge >= 0.3 is 0 Å². The SMILES string of the molecule is CNC(=O)c1c(-c2ccc(C)cc2)oc2ccc(-c3ccc(-c4ccccc4C(N)=O)c(C(=O)NC4(c5ccccn5)CC4)c3)cc12. The molecule has 0 unspecified atom stereocenters. The second-order valence-electron chi connectivity index (χ2n) is 11.9. The fraction of sp³-hybridized carbons (Fsp3) is 0.128. The normalized spacial score (nSPS) is 13.2. The van der Waals surface area contributed by atoms with Crippen molar-refractivity contribution in [2.45, 2.75) is 25.3 Å². The summed E-state index contributed by atoms with van der Waals surface area (Å²) in [5, 5.41) is 6.64. The minimum absolute atomic E-state index is 0.265. The van der Waals surface area contributed by atoms with Gasteiger partial charge in [-0.25, -0.2) is 0 Å². The van der Waals surface area contributed by atoms with Gasteiger partial charge in [-0.05, 0) is 78.4 Å². The number of aryl methyl sites for hydroxylation is 1. The monoisotopic (exact) mass is 620 g/mol. The van der Waals surface area contributed by atoms with Crippen LogP contribution in [0.4, 0.5) is 0 Å². The first-order chi connectivity index (χ1) is 22.8. The standard InChI is InChI=1S/C39H32N4O4/c1-23-10-12-24(13-11-23)35-34(38(46)41-2)31-22-26(15-17-32(31)47-35)25-14-16-28(27-7-3-4-8-29(27)36(40)44)30(21-25)37(45)43-39(18-19-39)33-9-5-6-20-42-33/h3-17,20-22H,18-19H2,1-2H3,(H2,40,44)(H,41,46)(H,43,45). The van der Waals surface area contributed by atoms with Gasteiger partial charge in [-0.15, -0.1) is 0 Å². The van der Waals surface area contributed by atoms with Gasteiger partial charge < -0.3 is 20.8 Å². The van der Waals surface area contributed by atoms with Crippen molar-refractivity contribution < 1.29 is 18.8 Å². The van der Waals surface area contributed by atoms with E-state index in [1.165, 1.54) is 0 Å². The number of rotatable bonds is 8. The molecule has 1 fully saturated rings. The van der Waals surface area contributed by atoms with Gasteiger partial charge in [0.1, 0.15) is 11.3 Å². The summed E-state index contributed by atoms with van der Waals surface area (Å²) in [4.78, 5) is 44.3. The van der Waals surface area contributed by atoms with Gasteiger partial charge in [0.2, 0.25) is 5.91 Å². The number of hydrogen-bond donors (Lipinski definition) is 3. The van der Waals surface area contributed by atoms with Crippen molar-refractivity contribution in [2.75, 3.05) is 7.05 Å². The zero-order valence-electron chi connectivity index (χ0n) is 26.0. The van der Waals surface area contributed by atoms with Crippen LogP contribution < -0.4 is 16.4 Å². The summed E-state index contributed by atoms with van der Waals surface area (Å²) in [5.74, 6) is -0.653. The van der Waals surface area contributed by atoms with Gasteiger partial charge in [-0.2, -0.15) is 0 Å². The Hall–Kier alpha value is -6.02. The smallest absolute Gasteiger partial charge is 0.255 e. The van der Waals surface area contributed by atoms with Gasteiger partial charge in [0, 0.05) is 35.3 Å². The Labute approximate surface area is 271 Å². The third-order valence-electron chi connectivity index (χ3n) is 8.79. The summed E-state index contributed by atoms with van der Waals surface area (Å²) in [5.41, 5.74) is 12.3. The van der Waals surface area contributed by atoms with Crippen LogP contribution in [0.3, 0.4) is 0 Å². The Morgan fingerprint density at radius 1 is 0.766 bits per heavy atom. The van der Waals surface area contributed by atoms with Crippen LogP contribution in [-0.2, 0) is 5.54 Å². The molecule has 47 heavy (non-hydrogen) atoms. The quantitative estimate of drug-likeness (QED) is 0.169. The summed E-state index contributed by atoms with van der Waals surface area (Å²) in [6.45, 7) is 2.00. The molecule has 0 spiro atoms. The molecule has 1 saturated carbocycles. The highest BCUT2D eigenvalue weighted by Crippen LogP contribution is 2.45. The molecule has 0 saturated heterocycles. The molecule has 2 heterocycles.